The number of hydrogen-bond donors (Lipinski definition) is 1. The van der Waals surface area contributed by atoms with Gasteiger partial charge in [0.15, 0.2) is 12.7 Å². The fraction of sp³-hybridized carbons (Fsp3) is 0.0833. The maximum atomic E-state index is 10.6. The molecule has 0 saturated heterocycles. The minimum atomic E-state index is -0.959. The standard InChI is InChI=1S/C12H10N2O2/c15-12(16)11-6-7-14(13-8-11)9-10-4-2-1-3-5-10/h1-8H,9H2/p+1. The van der Waals surface area contributed by atoms with Crippen molar-refractivity contribution < 1.29 is 14.6 Å². The van der Waals surface area contributed by atoms with Gasteiger partial charge >= 0.3 is 5.97 Å². The third-order valence-corrected chi connectivity index (χ3v) is 2.21. The second kappa shape index (κ2) is 4.53. The van der Waals surface area contributed by atoms with Crippen LogP contribution in [-0.2, 0) is 6.54 Å². The molecule has 1 N–H and O–H groups in total. The van der Waals surface area contributed by atoms with E-state index < -0.39 is 5.97 Å². The number of carboxylic acids is 1. The van der Waals surface area contributed by atoms with Crippen LogP contribution in [0.2, 0.25) is 0 Å². The molecule has 1 heterocycles. The molecule has 0 aliphatic carbocycles. The highest BCUT2D eigenvalue weighted by molar-refractivity contribution is 5.86. The van der Waals surface area contributed by atoms with Gasteiger partial charge in [-0.05, 0) is 5.10 Å². The van der Waals surface area contributed by atoms with Crippen LogP contribution < -0.4 is 4.68 Å². The van der Waals surface area contributed by atoms with E-state index in [1.54, 1.807) is 10.9 Å². The summed E-state index contributed by atoms with van der Waals surface area (Å²) < 4.78 is 1.70. The molecule has 0 spiro atoms. The van der Waals surface area contributed by atoms with Crippen molar-refractivity contribution in [3.05, 3.63) is 59.9 Å². The fourth-order valence-corrected chi connectivity index (χ4v) is 1.37. The van der Waals surface area contributed by atoms with E-state index >= 15 is 0 Å². The maximum Gasteiger partial charge on any atom is 0.337 e. The van der Waals surface area contributed by atoms with Crippen molar-refractivity contribution in [2.24, 2.45) is 0 Å². The summed E-state index contributed by atoms with van der Waals surface area (Å²) in [5.74, 6) is -0.959. The molecule has 0 aliphatic heterocycles. The number of rotatable bonds is 3. The lowest BCUT2D eigenvalue weighted by molar-refractivity contribution is -0.746. The number of nitrogens with zero attached hydrogens (tertiary/aromatic N) is 2. The molecule has 0 amide bonds. The zero-order valence-corrected chi connectivity index (χ0v) is 8.58. The minimum Gasteiger partial charge on any atom is -0.478 e. The van der Waals surface area contributed by atoms with Gasteiger partial charge in [-0.2, -0.15) is 0 Å². The Labute approximate surface area is 92.8 Å². The van der Waals surface area contributed by atoms with Crippen molar-refractivity contribution in [3.63, 3.8) is 0 Å². The lowest BCUT2D eigenvalue weighted by atomic mass is 10.2. The van der Waals surface area contributed by atoms with Crippen molar-refractivity contribution in [1.82, 2.24) is 5.10 Å². The molecule has 80 valence electrons. The normalized spacial score (nSPS) is 10.0. The first kappa shape index (κ1) is 10.3. The van der Waals surface area contributed by atoms with Crippen LogP contribution in [0.3, 0.4) is 0 Å². The summed E-state index contributed by atoms with van der Waals surface area (Å²) in [7, 11) is 0. The number of carbonyl (C=O) groups is 1. The SMILES string of the molecule is O=C(O)c1cc[n+](Cc2ccccc2)nc1. The van der Waals surface area contributed by atoms with Crippen molar-refractivity contribution in [3.8, 4) is 0 Å². The lowest BCUT2D eigenvalue weighted by Gasteiger charge is -1.95. The number of hydrogen-bond acceptors (Lipinski definition) is 2. The van der Waals surface area contributed by atoms with E-state index in [4.69, 9.17) is 5.11 Å². The topological polar surface area (TPSA) is 54.1 Å². The molecule has 4 heteroatoms. The zero-order valence-electron chi connectivity index (χ0n) is 8.58. The first-order valence-corrected chi connectivity index (χ1v) is 4.89. The molecule has 2 aromatic rings. The van der Waals surface area contributed by atoms with Crippen molar-refractivity contribution in [2.75, 3.05) is 0 Å². The average molecular weight is 215 g/mol. The van der Waals surface area contributed by atoms with Gasteiger partial charge in [-0.3, -0.25) is 0 Å². The Balaban J connectivity index is 2.14. The highest BCUT2D eigenvalue weighted by Crippen LogP contribution is 1.97. The van der Waals surface area contributed by atoms with Crippen LogP contribution in [0.1, 0.15) is 15.9 Å². The summed E-state index contributed by atoms with van der Waals surface area (Å²) in [6.07, 6.45) is 3.02. The minimum absolute atomic E-state index is 0.198. The van der Waals surface area contributed by atoms with Crippen LogP contribution in [0.5, 0.6) is 0 Å². The quantitative estimate of drug-likeness (QED) is 0.780. The van der Waals surface area contributed by atoms with Gasteiger partial charge in [-0.1, -0.05) is 35.0 Å². The van der Waals surface area contributed by atoms with Gasteiger partial charge in [0, 0.05) is 11.6 Å². The van der Waals surface area contributed by atoms with Gasteiger partial charge in [0.25, 0.3) is 0 Å². The van der Waals surface area contributed by atoms with E-state index in [0.717, 1.165) is 5.56 Å². The molecule has 16 heavy (non-hydrogen) atoms. The molecule has 1 aromatic heterocycles. The van der Waals surface area contributed by atoms with Crippen molar-refractivity contribution in [2.45, 2.75) is 6.54 Å². The third kappa shape index (κ3) is 2.42. The van der Waals surface area contributed by atoms with E-state index in [9.17, 15) is 4.79 Å². The first-order valence-electron chi connectivity index (χ1n) is 4.89. The van der Waals surface area contributed by atoms with E-state index in [0.29, 0.717) is 6.54 Å². The molecule has 4 nitrogen and oxygen atoms in total. The number of carboxylic acid groups (broad SMARTS) is 1. The maximum absolute atomic E-state index is 10.6. The summed E-state index contributed by atoms with van der Waals surface area (Å²) >= 11 is 0. The summed E-state index contributed by atoms with van der Waals surface area (Å²) in [5, 5.41) is 12.7. The fourth-order valence-electron chi connectivity index (χ4n) is 1.37. The molecule has 1 aromatic carbocycles. The van der Waals surface area contributed by atoms with Crippen LogP contribution in [0, 0.1) is 0 Å². The first-order chi connectivity index (χ1) is 7.75. The largest absolute Gasteiger partial charge is 0.478 e. The monoisotopic (exact) mass is 215 g/mol. The molecule has 0 saturated carbocycles. The number of benzene rings is 1. The van der Waals surface area contributed by atoms with Crippen LogP contribution in [0.15, 0.2) is 48.8 Å². The van der Waals surface area contributed by atoms with Crippen molar-refractivity contribution >= 4 is 5.97 Å². The van der Waals surface area contributed by atoms with Gasteiger partial charge in [-0.15, -0.1) is 0 Å². The van der Waals surface area contributed by atoms with Crippen LogP contribution in [0.4, 0.5) is 0 Å². The van der Waals surface area contributed by atoms with Gasteiger partial charge in [0.1, 0.15) is 6.20 Å². The number of aromatic nitrogens is 2. The molecule has 2 rings (SSSR count). The predicted octanol–water partition coefficient (Wildman–Crippen LogP) is 1.12. The Morgan fingerprint density at radius 2 is 2.00 bits per heavy atom. The molecule has 0 radical (unpaired) electrons. The Morgan fingerprint density at radius 1 is 1.25 bits per heavy atom. The van der Waals surface area contributed by atoms with Gasteiger partial charge in [0.2, 0.25) is 0 Å². The molecule has 0 atom stereocenters. The Hall–Kier alpha value is -2.23. The van der Waals surface area contributed by atoms with E-state index in [2.05, 4.69) is 5.10 Å². The molecular weight excluding hydrogens is 204 g/mol. The highest BCUT2D eigenvalue weighted by Gasteiger charge is 2.07. The van der Waals surface area contributed by atoms with E-state index in [1.165, 1.54) is 12.3 Å². The third-order valence-electron chi connectivity index (χ3n) is 2.21. The van der Waals surface area contributed by atoms with Gasteiger partial charge in [0.05, 0.1) is 5.56 Å². The molecule has 0 unspecified atom stereocenters. The lowest BCUT2D eigenvalue weighted by Crippen LogP contribution is -2.38. The van der Waals surface area contributed by atoms with Crippen LogP contribution in [0.25, 0.3) is 0 Å². The Kier molecular flexibility index (Phi) is 2.91. The van der Waals surface area contributed by atoms with E-state index in [-0.39, 0.29) is 5.56 Å². The summed E-state index contributed by atoms with van der Waals surface area (Å²) in [6.45, 7) is 0.640. The van der Waals surface area contributed by atoms with Gasteiger partial charge in [-0.25, -0.2) is 4.79 Å². The average Bonchev–Trinajstić information content (AvgIpc) is 2.31. The molecule has 0 aliphatic rings. The zero-order chi connectivity index (χ0) is 11.4. The summed E-state index contributed by atoms with van der Waals surface area (Å²) in [5.41, 5.74) is 1.33. The molecular formula is C12H11N2O2+. The number of aromatic carboxylic acids is 1. The smallest absolute Gasteiger partial charge is 0.337 e. The Morgan fingerprint density at radius 3 is 2.56 bits per heavy atom. The summed E-state index contributed by atoms with van der Waals surface area (Å²) in [4.78, 5) is 10.6. The second-order valence-electron chi connectivity index (χ2n) is 3.40. The second-order valence-corrected chi connectivity index (χ2v) is 3.40. The van der Waals surface area contributed by atoms with Crippen LogP contribution >= 0.6 is 0 Å². The van der Waals surface area contributed by atoms with Gasteiger partial charge < -0.3 is 5.11 Å². The Bertz CT molecular complexity index is 480. The predicted molar refractivity (Wildman–Crippen MR) is 56.9 cm³/mol. The molecule has 0 fully saturated rings. The molecule has 0 bridgehead atoms. The van der Waals surface area contributed by atoms with Crippen molar-refractivity contribution in [1.29, 1.82) is 0 Å². The summed E-state index contributed by atoms with van der Waals surface area (Å²) in [6, 6.07) is 11.4. The van der Waals surface area contributed by atoms with Crippen LogP contribution in [-0.4, -0.2) is 16.2 Å². The highest BCUT2D eigenvalue weighted by atomic mass is 16.4. The van der Waals surface area contributed by atoms with E-state index in [1.807, 2.05) is 30.3 Å².